The zero-order chi connectivity index (χ0) is 18.6. The molecule has 1 aliphatic rings. The van der Waals surface area contributed by atoms with Gasteiger partial charge < -0.3 is 5.73 Å². The molecule has 2 N–H and O–H groups in total. The van der Waals surface area contributed by atoms with Crippen LogP contribution in [0.4, 0.5) is 0 Å². The van der Waals surface area contributed by atoms with Crippen molar-refractivity contribution in [3.8, 4) is 0 Å². The van der Waals surface area contributed by atoms with E-state index < -0.39 is 5.41 Å². The predicted molar refractivity (Wildman–Crippen MR) is 108 cm³/mol. The molecular weight excluding hydrogens is 320 g/mol. The van der Waals surface area contributed by atoms with Gasteiger partial charge in [0.05, 0.1) is 5.41 Å². The van der Waals surface area contributed by atoms with Gasteiger partial charge in [0.1, 0.15) is 0 Å². The quantitative estimate of drug-likeness (QED) is 0.883. The Kier molecular flexibility index (Phi) is 5.58. The second-order valence-electron chi connectivity index (χ2n) is 7.68. The van der Waals surface area contributed by atoms with Crippen molar-refractivity contribution >= 4 is 12.0 Å². The van der Waals surface area contributed by atoms with Crippen LogP contribution in [0.15, 0.2) is 60.2 Å². The number of nitrogens with zero attached hydrogens (tertiary/aromatic N) is 1. The lowest BCUT2D eigenvalue weighted by atomic mass is 9.83. The third-order valence-corrected chi connectivity index (χ3v) is 5.37. The smallest absolute Gasteiger partial charge is 0.227 e. The van der Waals surface area contributed by atoms with Gasteiger partial charge >= 0.3 is 0 Å². The molecule has 0 aliphatic carbocycles. The van der Waals surface area contributed by atoms with Crippen molar-refractivity contribution < 1.29 is 4.79 Å². The molecule has 1 heterocycles. The first-order valence-corrected chi connectivity index (χ1v) is 9.31. The van der Waals surface area contributed by atoms with Crippen LogP contribution in [0.2, 0.25) is 0 Å². The molecule has 0 radical (unpaired) electrons. The highest BCUT2D eigenvalue weighted by Gasteiger charge is 2.26. The van der Waals surface area contributed by atoms with Gasteiger partial charge in [0.25, 0.3) is 0 Å². The summed E-state index contributed by atoms with van der Waals surface area (Å²) in [5.41, 5.74) is 9.91. The summed E-state index contributed by atoms with van der Waals surface area (Å²) in [6, 6.07) is 18.9. The molecule has 1 fully saturated rings. The number of piperidine rings is 1. The number of amides is 1. The summed E-state index contributed by atoms with van der Waals surface area (Å²) < 4.78 is 0. The van der Waals surface area contributed by atoms with Crippen molar-refractivity contribution in [2.45, 2.75) is 38.6 Å². The van der Waals surface area contributed by atoms with Gasteiger partial charge in [-0.1, -0.05) is 66.2 Å². The summed E-state index contributed by atoms with van der Waals surface area (Å²) >= 11 is 0. The summed E-state index contributed by atoms with van der Waals surface area (Å²) in [6.45, 7) is 6.97. The molecule has 1 aliphatic heterocycles. The molecule has 2 aromatic rings. The summed E-state index contributed by atoms with van der Waals surface area (Å²) in [6.07, 6.45) is 4.52. The van der Waals surface area contributed by atoms with E-state index in [0.717, 1.165) is 38.0 Å². The maximum Gasteiger partial charge on any atom is 0.227 e. The largest absolute Gasteiger partial charge is 0.369 e. The van der Waals surface area contributed by atoms with Crippen LogP contribution in [0, 0.1) is 0 Å². The Hall–Kier alpha value is -2.39. The van der Waals surface area contributed by atoms with Crippen LogP contribution in [0.5, 0.6) is 0 Å². The standard InChI is InChI=1S/C23H28N2O/c1-23(2,22(24)26)21-10-8-18(9-11-21)16-19-12-14-25(15-13-19)17-20-6-4-3-5-7-20/h3-11,16H,12-15,17H2,1-2H3,(H2,24,26). The van der Waals surface area contributed by atoms with Crippen LogP contribution >= 0.6 is 0 Å². The molecule has 1 saturated heterocycles. The Morgan fingerprint density at radius 1 is 1.04 bits per heavy atom. The molecule has 2 aromatic carbocycles. The Bertz CT molecular complexity index is 766. The molecule has 26 heavy (non-hydrogen) atoms. The predicted octanol–water partition coefficient (Wildman–Crippen LogP) is 4.13. The highest BCUT2D eigenvalue weighted by atomic mass is 16.1. The minimum atomic E-state index is -0.631. The summed E-state index contributed by atoms with van der Waals surface area (Å²) in [5, 5.41) is 0. The van der Waals surface area contributed by atoms with E-state index in [9.17, 15) is 4.79 Å². The van der Waals surface area contributed by atoms with Gasteiger partial charge in [-0.3, -0.25) is 9.69 Å². The minimum Gasteiger partial charge on any atom is -0.369 e. The van der Waals surface area contributed by atoms with Crippen LogP contribution in [0.25, 0.3) is 6.08 Å². The van der Waals surface area contributed by atoms with Crippen molar-refractivity contribution in [1.29, 1.82) is 0 Å². The van der Waals surface area contributed by atoms with Crippen LogP contribution in [-0.4, -0.2) is 23.9 Å². The lowest BCUT2D eigenvalue weighted by molar-refractivity contribution is -0.122. The van der Waals surface area contributed by atoms with Gasteiger partial charge in [0, 0.05) is 19.6 Å². The van der Waals surface area contributed by atoms with Crippen molar-refractivity contribution in [3.63, 3.8) is 0 Å². The lowest BCUT2D eigenvalue weighted by Gasteiger charge is -2.28. The fourth-order valence-electron chi connectivity index (χ4n) is 3.36. The molecule has 0 spiro atoms. The summed E-state index contributed by atoms with van der Waals surface area (Å²) in [5.74, 6) is -0.297. The number of carbonyl (C=O) groups is 1. The van der Waals surface area contributed by atoms with E-state index >= 15 is 0 Å². The molecule has 3 nitrogen and oxygen atoms in total. The number of hydrogen-bond donors (Lipinski definition) is 1. The van der Waals surface area contributed by atoms with Crippen LogP contribution < -0.4 is 5.73 Å². The third kappa shape index (κ3) is 4.41. The molecule has 0 unspecified atom stereocenters. The van der Waals surface area contributed by atoms with E-state index in [1.54, 1.807) is 0 Å². The second kappa shape index (κ2) is 7.88. The Morgan fingerprint density at radius 2 is 1.65 bits per heavy atom. The van der Waals surface area contributed by atoms with E-state index in [4.69, 9.17) is 5.73 Å². The SMILES string of the molecule is CC(C)(C(N)=O)c1ccc(C=C2CCN(Cc3ccccc3)CC2)cc1. The Balaban J connectivity index is 1.59. The second-order valence-corrected chi connectivity index (χ2v) is 7.68. The van der Waals surface area contributed by atoms with Crippen LogP contribution in [-0.2, 0) is 16.8 Å². The number of nitrogens with two attached hydrogens (primary N) is 1. The first-order chi connectivity index (χ1) is 12.4. The Labute approximate surface area is 156 Å². The maximum atomic E-state index is 11.6. The van der Waals surface area contributed by atoms with Gasteiger partial charge in [0.2, 0.25) is 5.91 Å². The number of carbonyl (C=O) groups excluding carboxylic acids is 1. The van der Waals surface area contributed by atoms with Crippen molar-refractivity contribution in [3.05, 3.63) is 76.9 Å². The van der Waals surface area contributed by atoms with Crippen LogP contribution in [0.1, 0.15) is 43.4 Å². The molecule has 136 valence electrons. The van der Waals surface area contributed by atoms with E-state index in [2.05, 4.69) is 53.4 Å². The van der Waals surface area contributed by atoms with Crippen molar-refractivity contribution in [1.82, 2.24) is 4.90 Å². The van der Waals surface area contributed by atoms with Gasteiger partial charge in [-0.05, 0) is 43.4 Å². The highest BCUT2D eigenvalue weighted by Crippen LogP contribution is 2.25. The number of hydrogen-bond acceptors (Lipinski definition) is 2. The monoisotopic (exact) mass is 348 g/mol. The van der Waals surface area contributed by atoms with E-state index in [1.165, 1.54) is 16.7 Å². The van der Waals surface area contributed by atoms with E-state index in [-0.39, 0.29) is 5.91 Å². The first-order valence-electron chi connectivity index (χ1n) is 9.31. The molecule has 0 atom stereocenters. The minimum absolute atomic E-state index is 0.297. The molecule has 0 saturated carbocycles. The van der Waals surface area contributed by atoms with Crippen LogP contribution in [0.3, 0.4) is 0 Å². The number of primary amides is 1. The number of likely N-dealkylation sites (tertiary alicyclic amines) is 1. The third-order valence-electron chi connectivity index (χ3n) is 5.37. The zero-order valence-corrected chi connectivity index (χ0v) is 15.7. The topological polar surface area (TPSA) is 46.3 Å². The summed E-state index contributed by atoms with van der Waals surface area (Å²) in [4.78, 5) is 14.1. The molecule has 0 aromatic heterocycles. The maximum absolute atomic E-state index is 11.6. The summed E-state index contributed by atoms with van der Waals surface area (Å²) in [7, 11) is 0. The first kappa shape index (κ1) is 18.4. The van der Waals surface area contributed by atoms with Gasteiger partial charge in [-0.15, -0.1) is 0 Å². The average molecular weight is 348 g/mol. The number of rotatable bonds is 5. The van der Waals surface area contributed by atoms with Crippen molar-refractivity contribution in [2.75, 3.05) is 13.1 Å². The van der Waals surface area contributed by atoms with Crippen molar-refractivity contribution in [2.24, 2.45) is 5.73 Å². The average Bonchev–Trinajstić information content (AvgIpc) is 2.64. The molecule has 3 rings (SSSR count). The zero-order valence-electron chi connectivity index (χ0n) is 15.7. The van der Waals surface area contributed by atoms with E-state index in [0.29, 0.717) is 0 Å². The van der Waals surface area contributed by atoms with Gasteiger partial charge in [0.15, 0.2) is 0 Å². The lowest BCUT2D eigenvalue weighted by Crippen LogP contribution is -2.35. The molecule has 3 heteroatoms. The normalized spacial score (nSPS) is 15.7. The van der Waals surface area contributed by atoms with E-state index in [1.807, 2.05) is 26.0 Å². The highest BCUT2D eigenvalue weighted by molar-refractivity contribution is 5.85. The fraction of sp³-hybridized carbons (Fsp3) is 0.348. The fourth-order valence-corrected chi connectivity index (χ4v) is 3.36. The molecule has 0 bridgehead atoms. The van der Waals surface area contributed by atoms with Gasteiger partial charge in [-0.2, -0.15) is 0 Å². The van der Waals surface area contributed by atoms with Gasteiger partial charge in [-0.25, -0.2) is 0 Å². The molecular formula is C23H28N2O. The Morgan fingerprint density at radius 3 is 2.23 bits per heavy atom. The number of benzene rings is 2. The molecule has 1 amide bonds.